The van der Waals surface area contributed by atoms with E-state index in [1.54, 1.807) is 26.0 Å². The van der Waals surface area contributed by atoms with Gasteiger partial charge in [-0.2, -0.15) is 0 Å². The van der Waals surface area contributed by atoms with E-state index in [0.717, 1.165) is 10.0 Å². The molecule has 1 amide bonds. The lowest BCUT2D eigenvalue weighted by atomic mass is 10.0. The second-order valence-corrected chi connectivity index (χ2v) is 7.25. The third kappa shape index (κ3) is 3.87. The van der Waals surface area contributed by atoms with E-state index >= 15 is 0 Å². The number of aromatic amines is 1. The van der Waals surface area contributed by atoms with Crippen LogP contribution in [0.2, 0.25) is 0 Å². The highest BCUT2D eigenvalue weighted by atomic mass is 79.9. The van der Waals surface area contributed by atoms with Gasteiger partial charge in [0.25, 0.3) is 5.91 Å². The highest BCUT2D eigenvalue weighted by Gasteiger charge is 2.27. The molecule has 0 radical (unpaired) electrons. The zero-order valence-electron chi connectivity index (χ0n) is 15.4. The Morgan fingerprint density at radius 3 is 2.75 bits per heavy atom. The van der Waals surface area contributed by atoms with Crippen molar-refractivity contribution in [2.75, 3.05) is 11.9 Å². The number of carboxylic acids is 1. The minimum Gasteiger partial charge on any atom is -0.481 e. The summed E-state index contributed by atoms with van der Waals surface area (Å²) < 4.78 is 5.95. The molecule has 0 saturated heterocycles. The number of aliphatic carboxylic acids is 1. The van der Waals surface area contributed by atoms with Crippen LogP contribution in [-0.2, 0) is 20.7 Å². The Bertz CT molecular complexity index is 1010. The number of amides is 1. The number of esters is 1. The Labute approximate surface area is 169 Å². The number of carbonyl (C=O) groups is 3. The van der Waals surface area contributed by atoms with Gasteiger partial charge in [-0.05, 0) is 50.1 Å². The summed E-state index contributed by atoms with van der Waals surface area (Å²) >= 11 is 3.40. The molecular weight excluding hydrogens is 428 g/mol. The molecule has 7 nitrogen and oxygen atoms in total. The number of carbonyl (C=O) groups excluding carboxylic acids is 2. The van der Waals surface area contributed by atoms with Crippen LogP contribution in [0.15, 0.2) is 22.7 Å². The van der Waals surface area contributed by atoms with E-state index in [9.17, 15) is 14.4 Å². The topological polar surface area (TPSA) is 108 Å². The van der Waals surface area contributed by atoms with Gasteiger partial charge in [-0.25, -0.2) is 4.79 Å². The third-order valence-corrected chi connectivity index (χ3v) is 4.94. The standard InChI is InChI=1S/C20H19BrN2O5/c1-3-28-20(27)18-10(2)22-16(12(18)5-7-17(24)25)9-14-13-8-11(21)4-6-15(13)23-19(14)26/h4,6,8-9,22H,3,5,7H2,1-2H3,(H,23,26)(H,24,25). The molecule has 146 valence electrons. The number of hydrogen-bond acceptors (Lipinski definition) is 4. The minimum absolute atomic E-state index is 0.139. The van der Waals surface area contributed by atoms with E-state index in [1.807, 2.05) is 12.1 Å². The molecule has 1 aromatic heterocycles. The van der Waals surface area contributed by atoms with Crippen molar-refractivity contribution in [1.29, 1.82) is 0 Å². The molecule has 1 aliphatic rings. The Morgan fingerprint density at radius 1 is 1.32 bits per heavy atom. The number of halogens is 1. The molecule has 2 heterocycles. The van der Waals surface area contributed by atoms with Crippen molar-refractivity contribution in [2.45, 2.75) is 26.7 Å². The van der Waals surface area contributed by atoms with Crippen molar-refractivity contribution in [3.8, 4) is 0 Å². The van der Waals surface area contributed by atoms with Crippen LogP contribution in [0, 0.1) is 6.92 Å². The number of anilines is 1. The lowest BCUT2D eigenvalue weighted by molar-refractivity contribution is -0.137. The van der Waals surface area contributed by atoms with Gasteiger partial charge in [0.1, 0.15) is 0 Å². The summed E-state index contributed by atoms with van der Waals surface area (Å²) in [6.45, 7) is 3.64. The average Bonchev–Trinajstić information content (AvgIpc) is 3.10. The quantitative estimate of drug-likeness (QED) is 0.462. The van der Waals surface area contributed by atoms with Crippen molar-refractivity contribution in [1.82, 2.24) is 4.98 Å². The molecule has 0 saturated carbocycles. The van der Waals surface area contributed by atoms with Crippen LogP contribution >= 0.6 is 15.9 Å². The van der Waals surface area contributed by atoms with Crippen LogP contribution in [0.25, 0.3) is 11.6 Å². The molecule has 0 aliphatic carbocycles. The number of nitrogens with one attached hydrogen (secondary N) is 2. The van der Waals surface area contributed by atoms with Crippen molar-refractivity contribution in [2.24, 2.45) is 0 Å². The largest absolute Gasteiger partial charge is 0.481 e. The van der Waals surface area contributed by atoms with Gasteiger partial charge in [0.05, 0.1) is 17.7 Å². The fraction of sp³-hybridized carbons (Fsp3) is 0.250. The van der Waals surface area contributed by atoms with E-state index in [4.69, 9.17) is 9.84 Å². The van der Waals surface area contributed by atoms with Crippen LogP contribution in [0.3, 0.4) is 0 Å². The molecule has 3 rings (SSSR count). The van der Waals surface area contributed by atoms with Crippen LogP contribution in [0.5, 0.6) is 0 Å². The highest BCUT2D eigenvalue weighted by Crippen LogP contribution is 2.36. The first-order chi connectivity index (χ1) is 13.3. The summed E-state index contributed by atoms with van der Waals surface area (Å²) in [5.74, 6) is -1.75. The third-order valence-electron chi connectivity index (χ3n) is 4.45. The normalized spacial score (nSPS) is 14.1. The molecule has 3 N–H and O–H groups in total. The molecule has 0 bridgehead atoms. The van der Waals surface area contributed by atoms with E-state index in [-0.39, 0.29) is 25.4 Å². The molecule has 2 aromatic rings. The van der Waals surface area contributed by atoms with E-state index < -0.39 is 11.9 Å². The molecule has 0 spiro atoms. The monoisotopic (exact) mass is 446 g/mol. The first-order valence-corrected chi connectivity index (χ1v) is 9.54. The summed E-state index contributed by atoms with van der Waals surface area (Å²) in [4.78, 5) is 39.0. The van der Waals surface area contributed by atoms with Gasteiger partial charge in [-0.1, -0.05) is 15.9 Å². The van der Waals surface area contributed by atoms with Gasteiger partial charge in [-0.3, -0.25) is 9.59 Å². The second kappa shape index (κ2) is 8.02. The predicted octanol–water partition coefficient (Wildman–Crippen LogP) is 3.77. The fourth-order valence-electron chi connectivity index (χ4n) is 3.24. The Hall–Kier alpha value is -2.87. The fourth-order valence-corrected chi connectivity index (χ4v) is 3.60. The number of fused-ring (bicyclic) bond motifs is 1. The maximum absolute atomic E-state index is 12.5. The average molecular weight is 447 g/mol. The Kier molecular flexibility index (Phi) is 5.69. The zero-order chi connectivity index (χ0) is 20.4. The molecular formula is C20H19BrN2O5. The smallest absolute Gasteiger partial charge is 0.340 e. The van der Waals surface area contributed by atoms with Gasteiger partial charge in [-0.15, -0.1) is 0 Å². The summed E-state index contributed by atoms with van der Waals surface area (Å²) in [5, 5.41) is 11.9. The second-order valence-electron chi connectivity index (χ2n) is 6.33. The number of aryl methyl sites for hydroxylation is 1. The summed E-state index contributed by atoms with van der Waals surface area (Å²) in [6, 6.07) is 5.46. The molecule has 1 aromatic carbocycles. The minimum atomic E-state index is -0.972. The maximum Gasteiger partial charge on any atom is 0.340 e. The number of rotatable bonds is 6. The summed E-state index contributed by atoms with van der Waals surface area (Å²) in [6.07, 6.45) is 1.65. The first kappa shape index (κ1) is 19.9. The first-order valence-electron chi connectivity index (χ1n) is 8.75. The Morgan fingerprint density at radius 2 is 2.07 bits per heavy atom. The van der Waals surface area contributed by atoms with Gasteiger partial charge in [0.2, 0.25) is 0 Å². The van der Waals surface area contributed by atoms with Crippen molar-refractivity contribution in [3.05, 3.63) is 50.8 Å². The molecule has 28 heavy (non-hydrogen) atoms. The molecule has 0 atom stereocenters. The number of ether oxygens (including phenoxy) is 1. The number of H-pyrrole nitrogens is 1. The zero-order valence-corrected chi connectivity index (χ0v) is 17.0. The summed E-state index contributed by atoms with van der Waals surface area (Å²) in [7, 11) is 0. The van der Waals surface area contributed by atoms with E-state index in [1.165, 1.54) is 0 Å². The van der Waals surface area contributed by atoms with Gasteiger partial charge >= 0.3 is 11.9 Å². The Balaban J connectivity index is 2.12. The number of hydrogen-bond donors (Lipinski definition) is 3. The lowest BCUT2D eigenvalue weighted by Gasteiger charge is -2.06. The van der Waals surface area contributed by atoms with Crippen LogP contribution in [0.4, 0.5) is 5.69 Å². The van der Waals surface area contributed by atoms with Gasteiger partial charge < -0.3 is 20.1 Å². The molecule has 0 unspecified atom stereocenters. The molecule has 0 fully saturated rings. The molecule has 8 heteroatoms. The highest BCUT2D eigenvalue weighted by molar-refractivity contribution is 9.10. The predicted molar refractivity (Wildman–Crippen MR) is 108 cm³/mol. The van der Waals surface area contributed by atoms with Crippen molar-refractivity contribution < 1.29 is 24.2 Å². The lowest BCUT2D eigenvalue weighted by Crippen LogP contribution is -2.09. The van der Waals surface area contributed by atoms with E-state index in [2.05, 4.69) is 26.2 Å². The van der Waals surface area contributed by atoms with Gasteiger partial charge in [0, 0.05) is 33.5 Å². The number of carboxylic acid groups (broad SMARTS) is 1. The van der Waals surface area contributed by atoms with Crippen LogP contribution < -0.4 is 5.32 Å². The number of aromatic nitrogens is 1. The van der Waals surface area contributed by atoms with Crippen molar-refractivity contribution in [3.63, 3.8) is 0 Å². The van der Waals surface area contributed by atoms with Crippen LogP contribution in [-0.4, -0.2) is 34.5 Å². The van der Waals surface area contributed by atoms with Crippen LogP contribution in [0.1, 0.15) is 46.2 Å². The summed E-state index contributed by atoms with van der Waals surface area (Å²) in [5.41, 5.74) is 3.81. The SMILES string of the molecule is CCOC(=O)c1c(C)[nH]c(C=C2C(=O)Nc3ccc(Br)cc32)c1CCC(=O)O. The molecule has 1 aliphatic heterocycles. The van der Waals surface area contributed by atoms with Crippen molar-refractivity contribution >= 4 is 51.1 Å². The number of benzene rings is 1. The van der Waals surface area contributed by atoms with E-state index in [0.29, 0.717) is 33.8 Å². The maximum atomic E-state index is 12.5. The van der Waals surface area contributed by atoms with Gasteiger partial charge in [0.15, 0.2) is 0 Å².